The summed E-state index contributed by atoms with van der Waals surface area (Å²) >= 11 is 6.33. The van der Waals surface area contributed by atoms with Crippen molar-refractivity contribution in [2.24, 2.45) is 4.99 Å². The Kier molecular flexibility index (Phi) is 7.30. The highest BCUT2D eigenvalue weighted by Gasteiger charge is 2.49. The van der Waals surface area contributed by atoms with E-state index in [1.165, 1.54) is 0 Å². The van der Waals surface area contributed by atoms with Gasteiger partial charge in [-0.1, -0.05) is 38.6 Å². The zero-order valence-electron chi connectivity index (χ0n) is 20.0. The van der Waals surface area contributed by atoms with Crippen molar-refractivity contribution in [2.45, 2.75) is 45.1 Å². The maximum absolute atomic E-state index is 13.8. The van der Waals surface area contributed by atoms with Gasteiger partial charge in [0.2, 0.25) is 0 Å². The van der Waals surface area contributed by atoms with Crippen LogP contribution in [0.4, 0.5) is 0 Å². The lowest BCUT2D eigenvalue weighted by atomic mass is 10.0. The molecular weight excluding hydrogens is 485 g/mol. The van der Waals surface area contributed by atoms with Crippen LogP contribution in [-0.4, -0.2) is 58.0 Å². The molecule has 0 aromatic heterocycles. The maximum Gasteiger partial charge on any atom is 0.305 e. The van der Waals surface area contributed by atoms with Crippen LogP contribution in [0.15, 0.2) is 47.5 Å². The van der Waals surface area contributed by atoms with E-state index >= 15 is 0 Å². The minimum absolute atomic E-state index is 0.0731. The molecule has 2 aromatic rings. The van der Waals surface area contributed by atoms with Gasteiger partial charge in [-0.05, 0) is 74.1 Å². The Bertz CT molecular complexity index is 1190. The summed E-state index contributed by atoms with van der Waals surface area (Å²) in [4.78, 5) is 43.6. The first kappa shape index (κ1) is 25.3. The number of rotatable bonds is 9. The fourth-order valence-corrected chi connectivity index (χ4v) is 6.86. The topological polar surface area (TPSA) is 99.1 Å². The number of hydrogen-bond acceptors (Lipinski definition) is 4. The highest BCUT2D eigenvalue weighted by molar-refractivity contribution is 7.65. The molecule has 35 heavy (non-hydrogen) atoms. The normalized spacial score (nSPS) is 17.8. The second-order valence-corrected chi connectivity index (χ2v) is 12.3. The second kappa shape index (κ2) is 10.1. The van der Waals surface area contributed by atoms with Gasteiger partial charge >= 0.3 is 5.97 Å². The van der Waals surface area contributed by atoms with E-state index in [1.807, 2.05) is 49.9 Å². The average Bonchev–Trinajstić information content (AvgIpc) is 3.61. The molecule has 0 saturated carbocycles. The number of nitrogens with zero attached hydrogens (tertiary/aromatic N) is 2. The van der Waals surface area contributed by atoms with E-state index in [0.29, 0.717) is 16.3 Å². The number of carboxylic acid groups (broad SMARTS) is 1. The zero-order chi connectivity index (χ0) is 25.3. The zero-order valence-corrected chi connectivity index (χ0v) is 21.7. The van der Waals surface area contributed by atoms with Crippen molar-refractivity contribution in [2.75, 3.05) is 18.9 Å². The smallest absolute Gasteiger partial charge is 0.305 e. The highest BCUT2D eigenvalue weighted by atomic mass is 35.5. The molecule has 1 saturated heterocycles. The molecule has 1 fully saturated rings. The number of amides is 2. The number of aliphatic carboxylic acids is 1. The maximum atomic E-state index is 13.8. The van der Waals surface area contributed by atoms with Gasteiger partial charge in [-0.15, -0.1) is 0 Å². The van der Waals surface area contributed by atoms with Gasteiger partial charge < -0.3 is 15.3 Å². The molecule has 184 valence electrons. The fraction of sp³-hybridized carbons (Fsp3) is 0.385. The quantitative estimate of drug-likeness (QED) is 0.476. The summed E-state index contributed by atoms with van der Waals surface area (Å²) in [6.07, 6.45) is 2.86. The molecule has 0 aliphatic carbocycles. The first-order valence-corrected chi connectivity index (χ1v) is 13.8. The van der Waals surface area contributed by atoms with Crippen LogP contribution in [0.2, 0.25) is 5.02 Å². The van der Waals surface area contributed by atoms with Crippen molar-refractivity contribution in [3.8, 4) is 0 Å². The number of hydrogen-bond donors (Lipinski definition) is 2. The van der Waals surface area contributed by atoms with E-state index in [0.717, 1.165) is 35.4 Å². The highest BCUT2D eigenvalue weighted by Crippen LogP contribution is 2.65. The Morgan fingerprint density at radius 3 is 2.49 bits per heavy atom. The standard InChI is InChI=1S/C26H29ClN3O4P/c1-4-16-13-19(15-20(27)14-16)22-24(34)30(26(2,3)29-22)25(35-11-12-35)18-7-5-17(6-8-18)23(33)28-10-9-21(31)32/h5-8,13-15,25H,4,9-12H2,1-3H3,(H,28,33)(H,31,32). The first-order valence-electron chi connectivity index (χ1n) is 11.7. The van der Waals surface area contributed by atoms with Crippen molar-refractivity contribution in [1.29, 1.82) is 0 Å². The number of nitrogens with one attached hydrogen (secondary N) is 1. The van der Waals surface area contributed by atoms with Gasteiger partial charge in [0.25, 0.3) is 11.8 Å². The van der Waals surface area contributed by atoms with Crippen molar-refractivity contribution >= 4 is 43.0 Å². The Hall–Kier alpha value is -2.76. The molecule has 1 atom stereocenters. The third-order valence-corrected chi connectivity index (χ3v) is 8.61. The van der Waals surface area contributed by atoms with Crippen molar-refractivity contribution in [3.05, 3.63) is 69.7 Å². The summed E-state index contributed by atoms with van der Waals surface area (Å²) in [5.41, 5.74) is 2.95. The molecule has 2 aliphatic heterocycles. The van der Waals surface area contributed by atoms with Crippen LogP contribution in [0.5, 0.6) is 0 Å². The molecule has 9 heteroatoms. The molecule has 4 rings (SSSR count). The summed E-state index contributed by atoms with van der Waals surface area (Å²) in [6, 6.07) is 12.9. The van der Waals surface area contributed by atoms with E-state index in [2.05, 4.69) is 5.32 Å². The van der Waals surface area contributed by atoms with Crippen molar-refractivity contribution < 1.29 is 19.5 Å². The molecule has 2 aliphatic rings. The van der Waals surface area contributed by atoms with Gasteiger partial charge in [0.15, 0.2) is 0 Å². The Labute approximate surface area is 211 Å². The number of carboxylic acids is 1. The van der Waals surface area contributed by atoms with Crippen LogP contribution in [0, 0.1) is 0 Å². The number of carbonyl (C=O) groups excluding carboxylic acids is 2. The van der Waals surface area contributed by atoms with Crippen LogP contribution in [0.25, 0.3) is 0 Å². The summed E-state index contributed by atoms with van der Waals surface area (Å²) in [7, 11) is -0.392. The lowest BCUT2D eigenvalue weighted by molar-refractivity contribution is -0.136. The van der Waals surface area contributed by atoms with Crippen LogP contribution in [0.3, 0.4) is 0 Å². The molecule has 2 amide bonds. The average molecular weight is 514 g/mol. The van der Waals surface area contributed by atoms with E-state index in [-0.39, 0.29) is 30.6 Å². The number of aliphatic imine (C=N–C) groups is 1. The summed E-state index contributed by atoms with van der Waals surface area (Å²) in [5, 5.41) is 12.0. The number of benzene rings is 2. The van der Waals surface area contributed by atoms with Gasteiger partial charge in [0.1, 0.15) is 11.4 Å². The van der Waals surface area contributed by atoms with Crippen LogP contribution in [-0.2, 0) is 16.0 Å². The summed E-state index contributed by atoms with van der Waals surface area (Å²) in [5.74, 6) is -1.47. The third kappa shape index (κ3) is 5.57. The Balaban J connectivity index is 1.59. The molecule has 0 radical (unpaired) electrons. The van der Waals surface area contributed by atoms with E-state index in [4.69, 9.17) is 21.7 Å². The molecule has 0 spiro atoms. The largest absolute Gasteiger partial charge is 0.481 e. The van der Waals surface area contributed by atoms with Crippen LogP contribution in [0.1, 0.15) is 60.0 Å². The predicted molar refractivity (Wildman–Crippen MR) is 139 cm³/mol. The van der Waals surface area contributed by atoms with Crippen LogP contribution >= 0.6 is 19.5 Å². The van der Waals surface area contributed by atoms with Crippen molar-refractivity contribution in [3.63, 3.8) is 0 Å². The van der Waals surface area contributed by atoms with Crippen molar-refractivity contribution in [1.82, 2.24) is 10.2 Å². The summed E-state index contributed by atoms with van der Waals surface area (Å²) < 4.78 is 0. The molecule has 1 unspecified atom stereocenters. The molecule has 0 bridgehead atoms. The fourth-order valence-electron chi connectivity index (χ4n) is 4.34. The van der Waals surface area contributed by atoms with E-state index in [9.17, 15) is 14.4 Å². The van der Waals surface area contributed by atoms with Gasteiger partial charge in [-0.3, -0.25) is 19.4 Å². The molecule has 7 nitrogen and oxygen atoms in total. The van der Waals surface area contributed by atoms with E-state index < -0.39 is 19.6 Å². The SMILES string of the molecule is CCc1cc(Cl)cc(C2=NC(C)(C)N(C(c3ccc(C(=O)NCCC(=O)O)cc3)P3CC3)C2=O)c1. The monoisotopic (exact) mass is 513 g/mol. The number of aryl methyl sites for hydroxylation is 1. The molecular formula is C26H29ClN3O4P. The lowest BCUT2D eigenvalue weighted by Crippen LogP contribution is -2.44. The minimum Gasteiger partial charge on any atom is -0.481 e. The first-order chi connectivity index (χ1) is 16.6. The predicted octanol–water partition coefficient (Wildman–Crippen LogP) is 4.67. The van der Waals surface area contributed by atoms with Crippen LogP contribution < -0.4 is 5.32 Å². The minimum atomic E-state index is -0.960. The molecule has 2 heterocycles. The molecule has 2 N–H and O–H groups in total. The second-order valence-electron chi connectivity index (χ2n) is 9.26. The molecule has 2 aromatic carbocycles. The Morgan fingerprint density at radius 2 is 1.89 bits per heavy atom. The number of carbonyl (C=O) groups is 3. The Morgan fingerprint density at radius 1 is 1.20 bits per heavy atom. The third-order valence-electron chi connectivity index (χ3n) is 6.20. The van der Waals surface area contributed by atoms with E-state index in [1.54, 1.807) is 18.2 Å². The van der Waals surface area contributed by atoms with Gasteiger partial charge in [0.05, 0.1) is 12.2 Å². The van der Waals surface area contributed by atoms with Gasteiger partial charge in [-0.2, -0.15) is 0 Å². The van der Waals surface area contributed by atoms with Gasteiger partial charge in [0, 0.05) is 22.7 Å². The number of halogens is 1. The lowest BCUT2D eigenvalue weighted by Gasteiger charge is -2.37. The summed E-state index contributed by atoms with van der Waals surface area (Å²) in [6.45, 7) is 6.04. The van der Waals surface area contributed by atoms with Gasteiger partial charge in [-0.25, -0.2) is 0 Å².